The molecule has 2 N–H and O–H groups in total. The zero-order chi connectivity index (χ0) is 21.1. The van der Waals surface area contributed by atoms with Crippen LogP contribution in [-0.4, -0.2) is 23.1 Å². The number of carbonyl (C=O) groups excluding carboxylic acids is 1. The quantitative estimate of drug-likeness (QED) is 0.669. The monoisotopic (exact) mass is 406 g/mol. The summed E-state index contributed by atoms with van der Waals surface area (Å²) < 4.78 is 13.2. The van der Waals surface area contributed by atoms with E-state index in [-0.39, 0.29) is 0 Å². The first kappa shape index (κ1) is 19.6. The van der Waals surface area contributed by atoms with E-state index in [0.717, 1.165) is 5.56 Å². The number of carboxylic acid groups (broad SMARTS) is 1. The molecule has 3 atom stereocenters. The van der Waals surface area contributed by atoms with E-state index in [1.807, 2.05) is 48.5 Å². The molecule has 0 bridgehead atoms. The van der Waals surface area contributed by atoms with E-state index < -0.39 is 35.8 Å². The molecule has 4 rings (SSSR count). The van der Waals surface area contributed by atoms with Crippen LogP contribution >= 0.6 is 0 Å². The minimum Gasteiger partial charge on any atom is -0.479 e. The standard InChI is InChI=1S/C23H19FN2O4/c24-16-11-13-17(14-12-16)25-22(27)19-20(15-7-3-1-4-8-15)26(30-21(19)23(28)29)18-9-5-2-6-10-18/h1-14,19-21H,(H,25,27)(H,28,29)/t19-,20-,21+/m0/s1. The van der Waals surface area contributed by atoms with Crippen LogP contribution in [0.5, 0.6) is 0 Å². The molecule has 1 amide bonds. The molecule has 0 unspecified atom stereocenters. The smallest absolute Gasteiger partial charge is 0.336 e. The van der Waals surface area contributed by atoms with Gasteiger partial charge in [0.05, 0.1) is 11.7 Å². The zero-order valence-corrected chi connectivity index (χ0v) is 15.8. The van der Waals surface area contributed by atoms with Crippen molar-refractivity contribution in [2.75, 3.05) is 10.4 Å². The second-order valence-electron chi connectivity index (χ2n) is 6.90. The summed E-state index contributed by atoms with van der Waals surface area (Å²) in [4.78, 5) is 31.0. The van der Waals surface area contributed by atoms with Gasteiger partial charge in [-0.15, -0.1) is 0 Å². The third-order valence-electron chi connectivity index (χ3n) is 4.96. The van der Waals surface area contributed by atoms with E-state index >= 15 is 0 Å². The summed E-state index contributed by atoms with van der Waals surface area (Å²) >= 11 is 0. The van der Waals surface area contributed by atoms with Gasteiger partial charge in [-0.25, -0.2) is 14.2 Å². The number of hydroxylamine groups is 1. The van der Waals surface area contributed by atoms with Gasteiger partial charge in [0.2, 0.25) is 5.91 Å². The van der Waals surface area contributed by atoms with Crippen LogP contribution in [0.2, 0.25) is 0 Å². The molecular formula is C23H19FN2O4. The maximum absolute atomic E-state index is 13.2. The Morgan fingerprint density at radius 1 is 0.900 bits per heavy atom. The molecule has 3 aromatic rings. The number of hydrogen-bond acceptors (Lipinski definition) is 4. The summed E-state index contributed by atoms with van der Waals surface area (Å²) in [6, 6.07) is 22.8. The maximum atomic E-state index is 13.2. The summed E-state index contributed by atoms with van der Waals surface area (Å²) in [7, 11) is 0. The second kappa shape index (κ2) is 8.34. The van der Waals surface area contributed by atoms with Crippen LogP contribution in [-0.2, 0) is 14.4 Å². The predicted molar refractivity (Wildman–Crippen MR) is 109 cm³/mol. The average Bonchev–Trinajstić information content (AvgIpc) is 3.18. The number of carbonyl (C=O) groups is 2. The molecule has 0 aliphatic carbocycles. The molecule has 1 heterocycles. The Morgan fingerprint density at radius 2 is 1.50 bits per heavy atom. The van der Waals surface area contributed by atoms with E-state index in [0.29, 0.717) is 11.4 Å². The number of halogens is 1. The van der Waals surface area contributed by atoms with Crippen LogP contribution < -0.4 is 10.4 Å². The number of aliphatic carboxylic acids is 1. The highest BCUT2D eigenvalue weighted by Gasteiger charge is 2.52. The van der Waals surface area contributed by atoms with Crippen LogP contribution in [0.15, 0.2) is 84.9 Å². The van der Waals surface area contributed by atoms with Gasteiger partial charge in [0.1, 0.15) is 11.7 Å². The fourth-order valence-electron chi connectivity index (χ4n) is 3.59. The van der Waals surface area contributed by atoms with Crippen molar-refractivity contribution < 1.29 is 23.9 Å². The Morgan fingerprint density at radius 3 is 2.10 bits per heavy atom. The highest BCUT2D eigenvalue weighted by Crippen LogP contribution is 2.43. The Bertz CT molecular complexity index is 1030. The SMILES string of the molecule is O=C(Nc1ccc(F)cc1)[C@@H]1[C@H](C(=O)O)ON(c2ccccc2)[C@H]1c1ccccc1. The lowest BCUT2D eigenvalue weighted by molar-refractivity contribution is -0.151. The van der Waals surface area contributed by atoms with E-state index in [4.69, 9.17) is 4.84 Å². The normalized spacial score (nSPS) is 20.7. The topological polar surface area (TPSA) is 78.9 Å². The zero-order valence-electron chi connectivity index (χ0n) is 15.8. The third-order valence-corrected chi connectivity index (χ3v) is 4.96. The summed E-state index contributed by atoms with van der Waals surface area (Å²) in [5, 5.41) is 14.0. The summed E-state index contributed by atoms with van der Waals surface area (Å²) in [5.74, 6) is -3.25. The number of nitrogens with one attached hydrogen (secondary N) is 1. The minimum absolute atomic E-state index is 0.371. The molecule has 1 aliphatic rings. The Hall–Kier alpha value is -3.71. The molecule has 1 aliphatic heterocycles. The van der Waals surface area contributed by atoms with E-state index in [1.54, 1.807) is 12.1 Å². The van der Waals surface area contributed by atoms with Gasteiger partial charge in [0.25, 0.3) is 0 Å². The van der Waals surface area contributed by atoms with Gasteiger partial charge in [-0.2, -0.15) is 0 Å². The molecule has 1 fully saturated rings. The van der Waals surface area contributed by atoms with Crippen LogP contribution in [0, 0.1) is 11.7 Å². The summed E-state index contributed by atoms with van der Waals surface area (Å²) in [5.41, 5.74) is 1.74. The third kappa shape index (κ3) is 3.88. The van der Waals surface area contributed by atoms with Crippen LogP contribution in [0.4, 0.5) is 15.8 Å². The lowest BCUT2D eigenvalue weighted by Crippen LogP contribution is -2.37. The Balaban J connectivity index is 1.74. The van der Waals surface area contributed by atoms with Crippen molar-refractivity contribution in [3.8, 4) is 0 Å². The molecule has 6 nitrogen and oxygen atoms in total. The van der Waals surface area contributed by atoms with Gasteiger partial charge in [-0.1, -0.05) is 48.5 Å². The van der Waals surface area contributed by atoms with Crippen molar-refractivity contribution >= 4 is 23.3 Å². The predicted octanol–water partition coefficient (Wildman–Crippen LogP) is 4.03. The molecule has 152 valence electrons. The molecule has 1 saturated heterocycles. The molecule has 7 heteroatoms. The molecule has 30 heavy (non-hydrogen) atoms. The largest absolute Gasteiger partial charge is 0.479 e. The van der Waals surface area contributed by atoms with Gasteiger partial charge < -0.3 is 10.4 Å². The number of benzene rings is 3. The number of carboxylic acids is 1. The van der Waals surface area contributed by atoms with Crippen molar-refractivity contribution in [2.45, 2.75) is 12.1 Å². The first-order valence-corrected chi connectivity index (χ1v) is 9.40. The van der Waals surface area contributed by atoms with Gasteiger partial charge in [-0.3, -0.25) is 9.63 Å². The van der Waals surface area contributed by atoms with Crippen molar-refractivity contribution in [2.24, 2.45) is 5.92 Å². The fraction of sp³-hybridized carbons (Fsp3) is 0.130. The van der Waals surface area contributed by atoms with E-state index in [9.17, 15) is 19.1 Å². The molecule has 0 radical (unpaired) electrons. The van der Waals surface area contributed by atoms with Crippen LogP contribution in [0.3, 0.4) is 0 Å². The average molecular weight is 406 g/mol. The second-order valence-corrected chi connectivity index (χ2v) is 6.90. The minimum atomic E-state index is -1.39. The number of hydrogen-bond donors (Lipinski definition) is 2. The number of nitrogens with zero attached hydrogens (tertiary/aromatic N) is 1. The molecular weight excluding hydrogens is 387 g/mol. The van der Waals surface area contributed by atoms with Crippen molar-refractivity contribution in [3.05, 3.63) is 96.3 Å². The van der Waals surface area contributed by atoms with Crippen molar-refractivity contribution in [3.63, 3.8) is 0 Å². The Kier molecular flexibility index (Phi) is 5.45. The molecule has 0 spiro atoms. The van der Waals surface area contributed by atoms with Gasteiger partial charge in [0, 0.05) is 5.69 Å². The summed E-state index contributed by atoms with van der Waals surface area (Å²) in [6.07, 6.45) is -1.39. The lowest BCUT2D eigenvalue weighted by Gasteiger charge is -2.27. The Labute approximate surface area is 172 Å². The summed E-state index contributed by atoms with van der Waals surface area (Å²) in [6.45, 7) is 0. The fourth-order valence-corrected chi connectivity index (χ4v) is 3.59. The highest BCUT2D eigenvalue weighted by atomic mass is 19.1. The molecule has 0 saturated carbocycles. The van der Waals surface area contributed by atoms with Crippen molar-refractivity contribution in [1.82, 2.24) is 0 Å². The molecule has 0 aromatic heterocycles. The van der Waals surface area contributed by atoms with Gasteiger partial charge in [0.15, 0.2) is 6.10 Å². The highest BCUT2D eigenvalue weighted by molar-refractivity contribution is 5.97. The lowest BCUT2D eigenvalue weighted by atomic mass is 9.88. The van der Waals surface area contributed by atoms with Crippen LogP contribution in [0.1, 0.15) is 11.6 Å². The van der Waals surface area contributed by atoms with E-state index in [1.165, 1.54) is 29.3 Å². The number of rotatable bonds is 5. The maximum Gasteiger partial charge on any atom is 0.336 e. The number of anilines is 2. The van der Waals surface area contributed by atoms with Crippen molar-refractivity contribution in [1.29, 1.82) is 0 Å². The first-order chi connectivity index (χ1) is 14.5. The van der Waals surface area contributed by atoms with Gasteiger partial charge in [-0.05, 0) is 42.0 Å². The first-order valence-electron chi connectivity index (χ1n) is 9.40. The van der Waals surface area contributed by atoms with Crippen LogP contribution in [0.25, 0.3) is 0 Å². The van der Waals surface area contributed by atoms with E-state index in [2.05, 4.69) is 5.32 Å². The molecule has 3 aromatic carbocycles. The number of para-hydroxylation sites is 1. The van der Waals surface area contributed by atoms with Gasteiger partial charge >= 0.3 is 5.97 Å². The number of amides is 1.